The van der Waals surface area contributed by atoms with E-state index >= 15 is 0 Å². The Kier molecular flexibility index (Phi) is 11.7. The monoisotopic (exact) mass is 586 g/mol. The fraction of sp³-hybridized carbons (Fsp3) is 0.400. The Labute approximate surface area is 243 Å². The highest BCUT2D eigenvalue weighted by Crippen LogP contribution is 2.36. The average Bonchev–Trinajstić information content (AvgIpc) is 3.04. The van der Waals surface area contributed by atoms with E-state index in [1.807, 2.05) is 0 Å². The maximum atomic E-state index is 11.6. The molecule has 0 bridgehead atoms. The summed E-state index contributed by atoms with van der Waals surface area (Å²) < 4.78 is 44.4. The summed E-state index contributed by atoms with van der Waals surface area (Å²) in [5.74, 6) is -2.49. The van der Waals surface area contributed by atoms with Crippen molar-refractivity contribution in [1.29, 1.82) is 0 Å². The van der Waals surface area contributed by atoms with Gasteiger partial charge in [-0.15, -0.1) is 0 Å². The van der Waals surface area contributed by atoms with E-state index in [-0.39, 0.29) is 52.9 Å². The highest BCUT2D eigenvalue weighted by Gasteiger charge is 2.42. The average molecular weight is 587 g/mol. The number of carbonyl (C=O) groups is 4. The van der Waals surface area contributed by atoms with E-state index in [0.717, 1.165) is 24.3 Å². The molecule has 0 radical (unpaired) electrons. The van der Waals surface area contributed by atoms with E-state index in [1.54, 1.807) is 24.3 Å². The number of hydrogen-bond donors (Lipinski definition) is 0. The number of esters is 4. The second-order valence-electron chi connectivity index (χ2n) is 9.82. The standard InChI is InChI=1S/C30H34O12/c1-5-23(31)35-13-29(14-36-24(32)6-2)17-39-27(40-18-29)21-9-11-22(12-10-21)28-41-19-30(20-42-28,15-37-25(33)7-3)16-38-26(34)8-4/h5-12,27-28H,1-4,13-20H2. The van der Waals surface area contributed by atoms with Gasteiger partial charge in [-0.25, -0.2) is 19.2 Å². The lowest BCUT2D eigenvalue weighted by molar-refractivity contribution is -0.252. The molecule has 3 rings (SSSR count). The molecule has 0 N–H and O–H groups in total. The van der Waals surface area contributed by atoms with Crippen LogP contribution in [0.1, 0.15) is 23.7 Å². The van der Waals surface area contributed by atoms with Crippen molar-refractivity contribution in [2.75, 3.05) is 52.9 Å². The van der Waals surface area contributed by atoms with Crippen LogP contribution in [-0.2, 0) is 57.1 Å². The molecular weight excluding hydrogens is 552 g/mol. The first-order valence-electron chi connectivity index (χ1n) is 12.9. The zero-order chi connectivity index (χ0) is 30.6. The molecule has 2 saturated heterocycles. The molecule has 2 aliphatic rings. The Morgan fingerprint density at radius 3 is 1.02 bits per heavy atom. The molecule has 0 aromatic heterocycles. The van der Waals surface area contributed by atoms with Crippen LogP contribution in [0.15, 0.2) is 74.9 Å². The van der Waals surface area contributed by atoms with E-state index in [2.05, 4.69) is 26.3 Å². The van der Waals surface area contributed by atoms with E-state index < -0.39 is 47.3 Å². The summed E-state index contributed by atoms with van der Waals surface area (Å²) in [5.41, 5.74) is -0.415. The fourth-order valence-electron chi connectivity index (χ4n) is 3.93. The first-order chi connectivity index (χ1) is 20.2. The molecule has 0 aliphatic carbocycles. The number of carbonyl (C=O) groups excluding carboxylic acids is 4. The summed E-state index contributed by atoms with van der Waals surface area (Å²) in [7, 11) is 0. The van der Waals surface area contributed by atoms with Gasteiger partial charge in [-0.05, 0) is 0 Å². The highest BCUT2D eigenvalue weighted by atomic mass is 16.7. The van der Waals surface area contributed by atoms with E-state index in [9.17, 15) is 19.2 Å². The topological polar surface area (TPSA) is 142 Å². The fourth-order valence-corrected chi connectivity index (χ4v) is 3.93. The normalized spacial score (nSPS) is 18.1. The van der Waals surface area contributed by atoms with E-state index in [0.29, 0.717) is 11.1 Å². The van der Waals surface area contributed by atoms with Gasteiger partial charge in [-0.3, -0.25) is 0 Å². The largest absolute Gasteiger partial charge is 0.462 e. The summed E-state index contributed by atoms with van der Waals surface area (Å²) >= 11 is 0. The molecule has 1 aromatic carbocycles. The Hall–Kier alpha value is -4.10. The van der Waals surface area contributed by atoms with Crippen LogP contribution in [0.25, 0.3) is 0 Å². The van der Waals surface area contributed by atoms with Crippen LogP contribution in [0.3, 0.4) is 0 Å². The number of rotatable bonds is 14. The van der Waals surface area contributed by atoms with Crippen molar-refractivity contribution in [1.82, 2.24) is 0 Å². The van der Waals surface area contributed by atoms with E-state index in [1.165, 1.54) is 0 Å². The molecule has 0 atom stereocenters. The maximum Gasteiger partial charge on any atom is 0.330 e. The Morgan fingerprint density at radius 2 is 0.810 bits per heavy atom. The third kappa shape index (κ3) is 8.95. The van der Waals surface area contributed by atoms with Crippen LogP contribution < -0.4 is 0 Å². The summed E-state index contributed by atoms with van der Waals surface area (Å²) in [6.45, 7) is 13.4. The molecular formula is C30H34O12. The molecule has 1 aromatic rings. The van der Waals surface area contributed by atoms with Crippen molar-refractivity contribution < 1.29 is 57.1 Å². The van der Waals surface area contributed by atoms with Gasteiger partial charge in [0.05, 0.1) is 37.3 Å². The van der Waals surface area contributed by atoms with Gasteiger partial charge in [0.25, 0.3) is 0 Å². The van der Waals surface area contributed by atoms with Crippen molar-refractivity contribution in [3.05, 3.63) is 86.0 Å². The predicted octanol–water partition coefficient (Wildman–Crippen LogP) is 2.67. The van der Waals surface area contributed by atoms with E-state index in [4.69, 9.17) is 37.9 Å². The smallest absolute Gasteiger partial charge is 0.330 e. The summed E-state index contributed by atoms with van der Waals surface area (Å²) in [4.78, 5) is 46.4. The van der Waals surface area contributed by atoms with Gasteiger partial charge >= 0.3 is 23.9 Å². The van der Waals surface area contributed by atoms with Crippen LogP contribution in [0.2, 0.25) is 0 Å². The quantitative estimate of drug-likeness (QED) is 0.180. The maximum absolute atomic E-state index is 11.6. The minimum Gasteiger partial charge on any atom is -0.462 e. The van der Waals surface area contributed by atoms with Crippen LogP contribution in [-0.4, -0.2) is 76.7 Å². The zero-order valence-electron chi connectivity index (χ0n) is 23.2. The van der Waals surface area contributed by atoms with Crippen LogP contribution in [0.5, 0.6) is 0 Å². The first kappa shape index (κ1) is 32.4. The van der Waals surface area contributed by atoms with Gasteiger partial charge in [-0.1, -0.05) is 50.6 Å². The summed E-state index contributed by atoms with van der Waals surface area (Å²) in [6, 6.07) is 7.15. The molecule has 2 fully saturated rings. The number of ether oxygens (including phenoxy) is 8. The number of benzene rings is 1. The molecule has 2 heterocycles. The second kappa shape index (κ2) is 15.2. The van der Waals surface area contributed by atoms with Gasteiger partial charge in [0.1, 0.15) is 26.4 Å². The molecule has 0 unspecified atom stereocenters. The molecule has 0 spiro atoms. The minimum atomic E-state index is -0.913. The molecule has 42 heavy (non-hydrogen) atoms. The van der Waals surface area contributed by atoms with Crippen molar-refractivity contribution in [2.24, 2.45) is 10.8 Å². The predicted molar refractivity (Wildman–Crippen MR) is 145 cm³/mol. The minimum absolute atomic E-state index is 0.0814. The molecule has 226 valence electrons. The summed E-state index contributed by atoms with van der Waals surface area (Å²) in [5, 5.41) is 0. The Morgan fingerprint density at radius 1 is 0.571 bits per heavy atom. The Bertz CT molecular complexity index is 1010. The van der Waals surface area contributed by atoms with Crippen molar-refractivity contribution in [3.8, 4) is 0 Å². The molecule has 2 aliphatic heterocycles. The molecule has 0 saturated carbocycles. The zero-order valence-corrected chi connectivity index (χ0v) is 23.2. The lowest BCUT2D eigenvalue weighted by Crippen LogP contribution is -2.46. The van der Waals surface area contributed by atoms with Gasteiger partial charge in [-0.2, -0.15) is 0 Å². The molecule has 0 amide bonds. The summed E-state index contributed by atoms with van der Waals surface area (Å²) in [6.07, 6.45) is 2.69. The second-order valence-corrected chi connectivity index (χ2v) is 9.82. The third-order valence-corrected chi connectivity index (χ3v) is 6.39. The van der Waals surface area contributed by atoms with Crippen molar-refractivity contribution in [2.45, 2.75) is 12.6 Å². The SMILES string of the molecule is C=CC(=O)OCC1(COC(=O)C=C)COC(c2ccc(C3OCC(COC(=O)C=C)(COC(=O)C=C)CO3)cc2)OC1. The van der Waals surface area contributed by atoms with Crippen LogP contribution in [0, 0.1) is 10.8 Å². The lowest BCUT2D eigenvalue weighted by atomic mass is 9.91. The highest BCUT2D eigenvalue weighted by molar-refractivity contribution is 5.82. The van der Waals surface area contributed by atoms with Crippen LogP contribution >= 0.6 is 0 Å². The molecule has 12 nitrogen and oxygen atoms in total. The molecule has 12 heteroatoms. The number of hydrogen-bond acceptors (Lipinski definition) is 12. The van der Waals surface area contributed by atoms with Crippen molar-refractivity contribution in [3.63, 3.8) is 0 Å². The van der Waals surface area contributed by atoms with Crippen LogP contribution in [0.4, 0.5) is 0 Å². The van der Waals surface area contributed by atoms with Gasteiger partial charge in [0, 0.05) is 35.4 Å². The van der Waals surface area contributed by atoms with Gasteiger partial charge < -0.3 is 37.9 Å². The van der Waals surface area contributed by atoms with Gasteiger partial charge in [0.15, 0.2) is 12.6 Å². The third-order valence-electron chi connectivity index (χ3n) is 6.39. The van der Waals surface area contributed by atoms with Crippen molar-refractivity contribution >= 4 is 23.9 Å². The first-order valence-corrected chi connectivity index (χ1v) is 12.9. The van der Waals surface area contributed by atoms with Gasteiger partial charge in [0.2, 0.25) is 0 Å². The Balaban J connectivity index is 1.60. The lowest BCUT2D eigenvalue weighted by Gasteiger charge is -2.39.